The number of unbranched alkanes of at least 4 members (excludes halogenated alkanes) is 1. The van der Waals surface area contributed by atoms with E-state index in [0.717, 1.165) is 71.6 Å². The summed E-state index contributed by atoms with van der Waals surface area (Å²) in [5.41, 5.74) is 0. The minimum atomic E-state index is -0.826. The van der Waals surface area contributed by atoms with Gasteiger partial charge < -0.3 is 19.5 Å². The lowest BCUT2D eigenvalue weighted by atomic mass is 9.92. The third-order valence-electron chi connectivity index (χ3n) is 4.82. The van der Waals surface area contributed by atoms with Crippen LogP contribution in [0.25, 0.3) is 0 Å². The van der Waals surface area contributed by atoms with Gasteiger partial charge in [0.1, 0.15) is 0 Å². The zero-order valence-corrected chi connectivity index (χ0v) is 13.7. The smallest absolute Gasteiger partial charge is 0.407 e. The summed E-state index contributed by atoms with van der Waals surface area (Å²) in [6, 6.07) is 0.165. The highest BCUT2D eigenvalue weighted by atomic mass is 16.5. The van der Waals surface area contributed by atoms with Crippen molar-refractivity contribution < 1.29 is 19.4 Å². The maximum absolute atomic E-state index is 10.9. The van der Waals surface area contributed by atoms with Crippen molar-refractivity contribution in [3.8, 4) is 0 Å². The van der Waals surface area contributed by atoms with Crippen molar-refractivity contribution >= 4 is 6.09 Å². The summed E-state index contributed by atoms with van der Waals surface area (Å²) in [7, 11) is 1.67. The summed E-state index contributed by atoms with van der Waals surface area (Å²) >= 11 is 0. The van der Waals surface area contributed by atoms with Gasteiger partial charge in [0.25, 0.3) is 0 Å². The molecule has 1 aliphatic heterocycles. The highest BCUT2D eigenvalue weighted by molar-refractivity contribution is 5.64. The first kappa shape index (κ1) is 17.5. The van der Waals surface area contributed by atoms with Crippen LogP contribution in [0.3, 0.4) is 0 Å². The number of hydrogen-bond donors (Lipinski definition) is 1. The Bertz CT molecular complexity index is 326. The lowest BCUT2D eigenvalue weighted by Crippen LogP contribution is -2.40. The normalized spacial score (nSPS) is 26.8. The van der Waals surface area contributed by atoms with Crippen molar-refractivity contribution in [2.24, 2.45) is 0 Å². The van der Waals surface area contributed by atoms with E-state index in [1.54, 1.807) is 7.05 Å². The second-order valence-corrected chi connectivity index (χ2v) is 6.36. The number of carboxylic acid groups (broad SMARTS) is 1. The standard InChI is InChI=1S/C16H30N2O4/c1-17(16(19)20)14-4-6-15(7-5-14)22-11-3-2-8-18-9-12-21-13-10-18/h14-15H,2-13H2,1H3,(H,19,20). The zero-order chi connectivity index (χ0) is 15.8. The molecule has 1 heterocycles. The number of hydrogen-bond acceptors (Lipinski definition) is 4. The fraction of sp³-hybridized carbons (Fsp3) is 0.938. The SMILES string of the molecule is CN(C(=O)O)C1CCC(OCCCCN2CCOCC2)CC1. The van der Waals surface area contributed by atoms with Crippen LogP contribution >= 0.6 is 0 Å². The molecule has 6 nitrogen and oxygen atoms in total. The molecule has 1 aliphatic carbocycles. The molecule has 2 fully saturated rings. The zero-order valence-electron chi connectivity index (χ0n) is 13.7. The van der Waals surface area contributed by atoms with E-state index >= 15 is 0 Å². The molecule has 1 amide bonds. The van der Waals surface area contributed by atoms with Crippen LogP contribution in [0.15, 0.2) is 0 Å². The van der Waals surface area contributed by atoms with E-state index in [1.807, 2.05) is 0 Å². The Morgan fingerprint density at radius 2 is 1.91 bits per heavy atom. The summed E-state index contributed by atoms with van der Waals surface area (Å²) in [6.07, 6.45) is 5.57. The average molecular weight is 314 g/mol. The second-order valence-electron chi connectivity index (χ2n) is 6.36. The van der Waals surface area contributed by atoms with Gasteiger partial charge >= 0.3 is 6.09 Å². The van der Waals surface area contributed by atoms with E-state index in [2.05, 4.69) is 4.90 Å². The topological polar surface area (TPSA) is 62.2 Å². The molecule has 22 heavy (non-hydrogen) atoms. The van der Waals surface area contributed by atoms with Crippen molar-refractivity contribution in [1.29, 1.82) is 0 Å². The number of amides is 1. The first-order valence-electron chi connectivity index (χ1n) is 8.54. The van der Waals surface area contributed by atoms with Crippen molar-refractivity contribution in [2.45, 2.75) is 50.7 Å². The van der Waals surface area contributed by atoms with Crippen LogP contribution in [0.1, 0.15) is 38.5 Å². The monoisotopic (exact) mass is 314 g/mol. The van der Waals surface area contributed by atoms with Crippen LogP contribution in [0, 0.1) is 0 Å². The number of morpholine rings is 1. The van der Waals surface area contributed by atoms with Crippen molar-refractivity contribution in [2.75, 3.05) is 46.5 Å². The largest absolute Gasteiger partial charge is 0.465 e. The predicted octanol–water partition coefficient (Wildman–Crippen LogP) is 2.04. The first-order valence-corrected chi connectivity index (χ1v) is 8.54. The van der Waals surface area contributed by atoms with Crippen LogP contribution in [-0.4, -0.2) is 79.6 Å². The number of rotatable bonds is 7. The Morgan fingerprint density at radius 3 is 2.55 bits per heavy atom. The van der Waals surface area contributed by atoms with Gasteiger partial charge in [-0.25, -0.2) is 4.79 Å². The summed E-state index contributed by atoms with van der Waals surface area (Å²) in [6.45, 7) is 5.82. The molecule has 2 rings (SSSR count). The van der Waals surface area contributed by atoms with Crippen LogP contribution < -0.4 is 0 Å². The molecule has 6 heteroatoms. The van der Waals surface area contributed by atoms with Crippen molar-refractivity contribution in [3.63, 3.8) is 0 Å². The Morgan fingerprint density at radius 1 is 1.23 bits per heavy atom. The molecule has 0 bridgehead atoms. The van der Waals surface area contributed by atoms with E-state index in [0.29, 0.717) is 6.10 Å². The van der Waals surface area contributed by atoms with Gasteiger partial charge in [-0.3, -0.25) is 4.90 Å². The lowest BCUT2D eigenvalue weighted by molar-refractivity contribution is 0.00690. The van der Waals surface area contributed by atoms with E-state index in [9.17, 15) is 4.79 Å². The Hall–Kier alpha value is -0.850. The van der Waals surface area contributed by atoms with E-state index in [4.69, 9.17) is 14.6 Å². The maximum Gasteiger partial charge on any atom is 0.407 e. The van der Waals surface area contributed by atoms with Crippen LogP contribution in [0.4, 0.5) is 4.79 Å². The van der Waals surface area contributed by atoms with Crippen molar-refractivity contribution in [3.05, 3.63) is 0 Å². The van der Waals surface area contributed by atoms with Gasteiger partial charge in [0.2, 0.25) is 0 Å². The third kappa shape index (κ3) is 5.74. The minimum Gasteiger partial charge on any atom is -0.465 e. The molecule has 0 atom stereocenters. The van der Waals surface area contributed by atoms with E-state index < -0.39 is 6.09 Å². The van der Waals surface area contributed by atoms with Gasteiger partial charge in [-0.2, -0.15) is 0 Å². The van der Waals surface area contributed by atoms with Gasteiger partial charge in [-0.1, -0.05) is 0 Å². The molecular formula is C16H30N2O4. The Kier molecular flexibility index (Phi) is 7.42. The number of ether oxygens (including phenoxy) is 2. The molecule has 0 aromatic carbocycles. The predicted molar refractivity (Wildman–Crippen MR) is 84.3 cm³/mol. The molecule has 0 radical (unpaired) electrons. The summed E-state index contributed by atoms with van der Waals surface area (Å²) in [4.78, 5) is 14.8. The van der Waals surface area contributed by atoms with Crippen LogP contribution in [-0.2, 0) is 9.47 Å². The third-order valence-corrected chi connectivity index (χ3v) is 4.82. The molecule has 0 aromatic rings. The van der Waals surface area contributed by atoms with Gasteiger partial charge in [0.05, 0.1) is 19.3 Å². The summed E-state index contributed by atoms with van der Waals surface area (Å²) in [5.74, 6) is 0. The van der Waals surface area contributed by atoms with E-state index in [-0.39, 0.29) is 6.04 Å². The molecular weight excluding hydrogens is 284 g/mol. The molecule has 0 unspecified atom stereocenters. The number of carbonyl (C=O) groups is 1. The van der Waals surface area contributed by atoms with Gasteiger partial charge in [-0.05, 0) is 45.1 Å². The molecule has 1 saturated heterocycles. The van der Waals surface area contributed by atoms with Crippen LogP contribution in [0.2, 0.25) is 0 Å². The second kappa shape index (κ2) is 9.33. The molecule has 1 saturated carbocycles. The van der Waals surface area contributed by atoms with Gasteiger partial charge in [0.15, 0.2) is 0 Å². The highest BCUT2D eigenvalue weighted by Gasteiger charge is 2.26. The number of nitrogens with zero attached hydrogens (tertiary/aromatic N) is 2. The van der Waals surface area contributed by atoms with Gasteiger partial charge in [0, 0.05) is 32.8 Å². The van der Waals surface area contributed by atoms with Gasteiger partial charge in [-0.15, -0.1) is 0 Å². The quantitative estimate of drug-likeness (QED) is 0.729. The average Bonchev–Trinajstić information content (AvgIpc) is 2.55. The Labute approximate surface area is 133 Å². The molecule has 2 aliphatic rings. The molecule has 0 spiro atoms. The maximum atomic E-state index is 10.9. The lowest BCUT2D eigenvalue weighted by Gasteiger charge is -2.33. The fourth-order valence-corrected chi connectivity index (χ4v) is 3.27. The molecule has 1 N–H and O–H groups in total. The first-order chi connectivity index (χ1) is 10.7. The summed E-state index contributed by atoms with van der Waals surface area (Å²) < 4.78 is 11.3. The minimum absolute atomic E-state index is 0.165. The van der Waals surface area contributed by atoms with Crippen LogP contribution in [0.5, 0.6) is 0 Å². The van der Waals surface area contributed by atoms with E-state index in [1.165, 1.54) is 11.3 Å². The molecule has 0 aromatic heterocycles. The summed E-state index contributed by atoms with van der Waals surface area (Å²) in [5, 5.41) is 8.99. The highest BCUT2D eigenvalue weighted by Crippen LogP contribution is 2.24. The van der Waals surface area contributed by atoms with Crippen molar-refractivity contribution in [1.82, 2.24) is 9.80 Å². The fourth-order valence-electron chi connectivity index (χ4n) is 3.27. The molecule has 128 valence electrons. The Balaban J connectivity index is 1.49.